The third kappa shape index (κ3) is 6.11. The summed E-state index contributed by atoms with van der Waals surface area (Å²) >= 11 is 7.34. The number of carbonyl (C=O) groups excluding carboxylic acids is 2. The average molecular weight is 377 g/mol. The van der Waals surface area contributed by atoms with Crippen molar-refractivity contribution in [1.82, 2.24) is 0 Å². The number of rotatable bonds is 6. The van der Waals surface area contributed by atoms with Crippen LogP contribution in [0.1, 0.15) is 18.1 Å². The van der Waals surface area contributed by atoms with Gasteiger partial charge in [-0.15, -0.1) is 11.8 Å². The molecule has 0 saturated carbocycles. The van der Waals surface area contributed by atoms with E-state index in [2.05, 4.69) is 10.6 Å². The largest absolute Gasteiger partial charge is 0.325 e. The lowest BCUT2D eigenvalue weighted by Gasteiger charge is -2.13. The second kappa shape index (κ2) is 8.92. The van der Waals surface area contributed by atoms with E-state index >= 15 is 0 Å². The number of hydrogen-bond donors (Lipinski definition) is 2. The van der Waals surface area contributed by atoms with Gasteiger partial charge in [0.2, 0.25) is 11.8 Å². The molecule has 2 aromatic rings. The van der Waals surface area contributed by atoms with Gasteiger partial charge < -0.3 is 10.6 Å². The summed E-state index contributed by atoms with van der Waals surface area (Å²) in [6.07, 6.45) is 0. The Labute approximate surface area is 157 Å². The second-order valence-electron chi connectivity index (χ2n) is 5.82. The summed E-state index contributed by atoms with van der Waals surface area (Å²) < 4.78 is 0. The molecule has 0 fully saturated rings. The molecular formula is C19H21ClN2O2S. The fourth-order valence-electron chi connectivity index (χ4n) is 2.02. The first-order valence-corrected chi connectivity index (χ1v) is 9.33. The number of halogens is 1. The Morgan fingerprint density at radius 3 is 2.32 bits per heavy atom. The molecule has 0 aliphatic rings. The molecule has 132 valence electrons. The molecule has 4 nitrogen and oxygen atoms in total. The Kier molecular flexibility index (Phi) is 6.91. The van der Waals surface area contributed by atoms with E-state index in [9.17, 15) is 9.59 Å². The van der Waals surface area contributed by atoms with Gasteiger partial charge >= 0.3 is 0 Å². The molecule has 2 amide bonds. The van der Waals surface area contributed by atoms with Crippen molar-refractivity contribution in [2.45, 2.75) is 26.0 Å². The Morgan fingerprint density at radius 2 is 1.68 bits per heavy atom. The Bertz CT molecular complexity index is 763. The number of amides is 2. The fourth-order valence-corrected chi connectivity index (χ4v) is 2.89. The molecule has 1 atom stereocenters. The Hall–Kier alpha value is -1.98. The first kappa shape index (κ1) is 19.3. The molecule has 2 aromatic carbocycles. The van der Waals surface area contributed by atoms with Crippen molar-refractivity contribution in [3.63, 3.8) is 0 Å². The van der Waals surface area contributed by atoms with Gasteiger partial charge in [-0.1, -0.05) is 35.4 Å². The number of hydrogen-bond acceptors (Lipinski definition) is 3. The van der Waals surface area contributed by atoms with Crippen LogP contribution >= 0.6 is 23.4 Å². The average Bonchev–Trinajstić information content (AvgIpc) is 2.58. The highest BCUT2D eigenvalue weighted by molar-refractivity contribution is 8.01. The Morgan fingerprint density at radius 1 is 1.04 bits per heavy atom. The third-order valence-electron chi connectivity index (χ3n) is 3.61. The number of aryl methyl sites for hydroxylation is 2. The van der Waals surface area contributed by atoms with Crippen molar-refractivity contribution in [3.05, 3.63) is 58.6 Å². The van der Waals surface area contributed by atoms with E-state index in [-0.39, 0.29) is 22.8 Å². The third-order valence-corrected chi connectivity index (χ3v) is 5.16. The van der Waals surface area contributed by atoms with E-state index in [0.29, 0.717) is 10.7 Å². The first-order chi connectivity index (χ1) is 11.8. The maximum absolute atomic E-state index is 12.2. The van der Waals surface area contributed by atoms with Gasteiger partial charge in [0.05, 0.1) is 11.0 Å². The predicted molar refractivity (Wildman–Crippen MR) is 107 cm³/mol. The number of anilines is 2. The van der Waals surface area contributed by atoms with Gasteiger partial charge in [-0.2, -0.15) is 0 Å². The molecule has 0 aromatic heterocycles. The van der Waals surface area contributed by atoms with Crippen LogP contribution in [0.15, 0.2) is 42.5 Å². The standard InChI is InChI=1S/C19H21ClN2O2S/c1-12-4-7-15(8-5-12)21-18(23)11-25-14(3)19(24)22-16-9-6-13(2)17(20)10-16/h4-10,14H,11H2,1-3H3,(H,21,23)(H,22,24)/t14-/m0/s1. The topological polar surface area (TPSA) is 58.2 Å². The summed E-state index contributed by atoms with van der Waals surface area (Å²) in [6.45, 7) is 5.66. The van der Waals surface area contributed by atoms with Crippen molar-refractivity contribution >= 4 is 46.6 Å². The van der Waals surface area contributed by atoms with E-state index in [0.717, 1.165) is 16.8 Å². The van der Waals surface area contributed by atoms with Crippen molar-refractivity contribution in [1.29, 1.82) is 0 Å². The highest BCUT2D eigenvalue weighted by Crippen LogP contribution is 2.21. The number of nitrogens with one attached hydrogen (secondary N) is 2. The minimum atomic E-state index is -0.358. The van der Waals surface area contributed by atoms with Gasteiger partial charge in [0.1, 0.15) is 0 Å². The summed E-state index contributed by atoms with van der Waals surface area (Å²) in [6, 6.07) is 13.0. The summed E-state index contributed by atoms with van der Waals surface area (Å²) in [5.74, 6) is -0.0862. The molecule has 6 heteroatoms. The SMILES string of the molecule is Cc1ccc(NC(=O)CS[C@@H](C)C(=O)Nc2ccc(C)c(Cl)c2)cc1. The van der Waals surface area contributed by atoms with Gasteiger partial charge in [-0.05, 0) is 50.6 Å². The monoisotopic (exact) mass is 376 g/mol. The smallest absolute Gasteiger partial charge is 0.237 e. The maximum atomic E-state index is 12.2. The molecule has 0 heterocycles. The van der Waals surface area contributed by atoms with Gasteiger partial charge in [-0.3, -0.25) is 9.59 Å². The predicted octanol–water partition coefficient (Wildman–Crippen LogP) is 4.66. The molecule has 0 bridgehead atoms. The van der Waals surface area contributed by atoms with Crippen LogP contribution in [0.25, 0.3) is 0 Å². The summed E-state index contributed by atoms with van der Waals surface area (Å²) in [5.41, 5.74) is 3.49. The first-order valence-electron chi connectivity index (χ1n) is 7.90. The molecule has 2 rings (SSSR count). The van der Waals surface area contributed by atoms with E-state index < -0.39 is 0 Å². The molecule has 0 saturated heterocycles. The molecule has 2 N–H and O–H groups in total. The summed E-state index contributed by atoms with van der Waals surface area (Å²) in [7, 11) is 0. The molecule has 25 heavy (non-hydrogen) atoms. The van der Waals surface area contributed by atoms with Crippen LogP contribution in [0.5, 0.6) is 0 Å². The van der Waals surface area contributed by atoms with Crippen LogP contribution in [-0.4, -0.2) is 22.8 Å². The second-order valence-corrected chi connectivity index (χ2v) is 7.56. The molecular weight excluding hydrogens is 356 g/mol. The van der Waals surface area contributed by atoms with Gasteiger partial charge in [-0.25, -0.2) is 0 Å². The van der Waals surface area contributed by atoms with Gasteiger partial charge in [0, 0.05) is 16.4 Å². The van der Waals surface area contributed by atoms with Crippen LogP contribution in [-0.2, 0) is 9.59 Å². The zero-order chi connectivity index (χ0) is 18.4. The Balaban J connectivity index is 1.81. The van der Waals surface area contributed by atoms with Crippen LogP contribution in [0.3, 0.4) is 0 Å². The lowest BCUT2D eigenvalue weighted by molar-refractivity contribution is -0.115. The normalized spacial score (nSPS) is 11.7. The highest BCUT2D eigenvalue weighted by Gasteiger charge is 2.16. The summed E-state index contributed by atoms with van der Waals surface area (Å²) in [5, 5.41) is 5.88. The van der Waals surface area contributed by atoms with E-state index in [1.54, 1.807) is 19.1 Å². The molecule has 0 aliphatic heterocycles. The lowest BCUT2D eigenvalue weighted by atomic mass is 10.2. The minimum absolute atomic E-state index is 0.133. The molecule has 0 radical (unpaired) electrons. The quantitative estimate of drug-likeness (QED) is 0.771. The molecule has 0 unspecified atom stereocenters. The zero-order valence-corrected chi connectivity index (χ0v) is 16.0. The van der Waals surface area contributed by atoms with Crippen LogP contribution in [0.4, 0.5) is 11.4 Å². The van der Waals surface area contributed by atoms with E-state index in [4.69, 9.17) is 11.6 Å². The number of carbonyl (C=O) groups is 2. The van der Waals surface area contributed by atoms with Crippen LogP contribution in [0, 0.1) is 13.8 Å². The number of benzene rings is 2. The van der Waals surface area contributed by atoms with Crippen LogP contribution < -0.4 is 10.6 Å². The lowest BCUT2D eigenvalue weighted by Crippen LogP contribution is -2.25. The van der Waals surface area contributed by atoms with Crippen molar-refractivity contribution in [3.8, 4) is 0 Å². The maximum Gasteiger partial charge on any atom is 0.237 e. The van der Waals surface area contributed by atoms with Crippen molar-refractivity contribution < 1.29 is 9.59 Å². The zero-order valence-electron chi connectivity index (χ0n) is 14.4. The minimum Gasteiger partial charge on any atom is -0.325 e. The number of thioether (sulfide) groups is 1. The van der Waals surface area contributed by atoms with Crippen molar-refractivity contribution in [2.75, 3.05) is 16.4 Å². The molecule has 0 aliphatic carbocycles. The van der Waals surface area contributed by atoms with E-state index in [1.807, 2.05) is 44.2 Å². The highest BCUT2D eigenvalue weighted by atomic mass is 35.5. The van der Waals surface area contributed by atoms with Crippen LogP contribution in [0.2, 0.25) is 5.02 Å². The van der Waals surface area contributed by atoms with E-state index in [1.165, 1.54) is 11.8 Å². The van der Waals surface area contributed by atoms with Gasteiger partial charge in [0.25, 0.3) is 0 Å². The van der Waals surface area contributed by atoms with Gasteiger partial charge in [0.15, 0.2) is 0 Å². The van der Waals surface area contributed by atoms with Crippen molar-refractivity contribution in [2.24, 2.45) is 0 Å². The summed E-state index contributed by atoms with van der Waals surface area (Å²) in [4.78, 5) is 24.2. The fraction of sp³-hybridized carbons (Fsp3) is 0.263. The molecule has 0 spiro atoms.